The Balaban J connectivity index is 1.34. The molecule has 0 radical (unpaired) electrons. The number of para-hydroxylation sites is 1. The summed E-state index contributed by atoms with van der Waals surface area (Å²) < 4.78 is 5.23. The van der Waals surface area contributed by atoms with Gasteiger partial charge < -0.3 is 20.0 Å². The van der Waals surface area contributed by atoms with E-state index in [0.29, 0.717) is 55.1 Å². The van der Waals surface area contributed by atoms with Crippen molar-refractivity contribution in [2.24, 2.45) is 5.92 Å². The predicted molar refractivity (Wildman–Crippen MR) is 118 cm³/mol. The van der Waals surface area contributed by atoms with E-state index in [0.717, 1.165) is 0 Å². The van der Waals surface area contributed by atoms with Gasteiger partial charge in [0.15, 0.2) is 0 Å². The van der Waals surface area contributed by atoms with Gasteiger partial charge in [0.25, 0.3) is 11.8 Å². The van der Waals surface area contributed by atoms with Crippen LogP contribution in [0.2, 0.25) is 0 Å². The fraction of sp³-hybridized carbons (Fsp3) is 0.261. The molecule has 31 heavy (non-hydrogen) atoms. The van der Waals surface area contributed by atoms with Gasteiger partial charge in [-0.25, -0.2) is 0 Å². The molecule has 1 fully saturated rings. The summed E-state index contributed by atoms with van der Waals surface area (Å²) in [6.07, 6.45) is 2.77. The minimum Gasteiger partial charge on any atom is -0.467 e. The van der Waals surface area contributed by atoms with Crippen LogP contribution in [-0.2, 0) is 11.3 Å². The maximum atomic E-state index is 13.1. The zero-order valence-corrected chi connectivity index (χ0v) is 17.7. The molecule has 1 aliphatic rings. The van der Waals surface area contributed by atoms with E-state index < -0.39 is 0 Å². The number of piperidine rings is 1. The van der Waals surface area contributed by atoms with Gasteiger partial charge in [0.1, 0.15) is 5.76 Å². The van der Waals surface area contributed by atoms with Crippen molar-refractivity contribution >= 4 is 34.7 Å². The number of furan rings is 1. The Labute approximate surface area is 184 Å². The third-order valence-corrected chi connectivity index (χ3v) is 6.04. The van der Waals surface area contributed by atoms with E-state index >= 15 is 0 Å². The smallest absolute Gasteiger partial charge is 0.256 e. The summed E-state index contributed by atoms with van der Waals surface area (Å²) >= 11 is 1.44. The number of likely N-dealkylation sites (tertiary alicyclic amines) is 1. The molecule has 3 heterocycles. The molecule has 7 nitrogen and oxygen atoms in total. The number of nitrogens with one attached hydrogen (secondary N) is 2. The second kappa shape index (κ2) is 9.61. The van der Waals surface area contributed by atoms with Crippen molar-refractivity contribution in [2.45, 2.75) is 19.4 Å². The first-order valence-corrected chi connectivity index (χ1v) is 11.1. The van der Waals surface area contributed by atoms with Crippen molar-refractivity contribution < 1.29 is 18.8 Å². The molecule has 4 rings (SSSR count). The third-order valence-electron chi connectivity index (χ3n) is 5.36. The standard InChI is InChI=1S/C23H23N3O4S/c27-21(24-14-18-4-3-12-30-18)16-7-10-26(11-8-16)23(29)19-5-1-2-6-20(19)25-22(28)17-9-13-31-15-17/h1-6,9,12-13,15-16H,7-8,10-11,14H2,(H,24,27)(H,25,28). The highest BCUT2D eigenvalue weighted by atomic mass is 32.1. The van der Waals surface area contributed by atoms with Gasteiger partial charge in [-0.1, -0.05) is 12.1 Å². The molecule has 0 atom stereocenters. The van der Waals surface area contributed by atoms with Gasteiger partial charge in [-0.15, -0.1) is 0 Å². The molecule has 0 saturated carbocycles. The van der Waals surface area contributed by atoms with Crippen LogP contribution in [0.4, 0.5) is 5.69 Å². The van der Waals surface area contributed by atoms with Gasteiger partial charge in [-0.05, 0) is 48.6 Å². The first-order valence-electron chi connectivity index (χ1n) is 10.1. The number of rotatable bonds is 6. The van der Waals surface area contributed by atoms with Crippen LogP contribution in [-0.4, -0.2) is 35.7 Å². The highest BCUT2D eigenvalue weighted by Crippen LogP contribution is 2.23. The van der Waals surface area contributed by atoms with Crippen LogP contribution in [0.15, 0.2) is 63.9 Å². The van der Waals surface area contributed by atoms with E-state index in [4.69, 9.17) is 4.42 Å². The monoisotopic (exact) mass is 437 g/mol. The summed E-state index contributed by atoms with van der Waals surface area (Å²) in [5.74, 6) is 0.172. The molecule has 8 heteroatoms. The predicted octanol–water partition coefficient (Wildman–Crippen LogP) is 3.76. The normalized spacial score (nSPS) is 14.3. The number of carbonyl (C=O) groups is 3. The molecule has 0 aliphatic carbocycles. The average Bonchev–Trinajstić information content (AvgIpc) is 3.52. The Bertz CT molecular complexity index is 1040. The van der Waals surface area contributed by atoms with Gasteiger partial charge in [0, 0.05) is 24.4 Å². The summed E-state index contributed by atoms with van der Waals surface area (Å²) in [5.41, 5.74) is 1.50. The molecular weight excluding hydrogens is 414 g/mol. The van der Waals surface area contributed by atoms with E-state index in [-0.39, 0.29) is 23.6 Å². The topological polar surface area (TPSA) is 91.7 Å². The number of anilines is 1. The number of nitrogens with zero attached hydrogens (tertiary/aromatic N) is 1. The van der Waals surface area contributed by atoms with E-state index in [2.05, 4.69) is 10.6 Å². The van der Waals surface area contributed by atoms with Crippen LogP contribution in [0.5, 0.6) is 0 Å². The summed E-state index contributed by atoms with van der Waals surface area (Å²) in [6.45, 7) is 1.34. The number of hydrogen-bond donors (Lipinski definition) is 2. The van der Waals surface area contributed by atoms with Crippen molar-refractivity contribution in [3.8, 4) is 0 Å². The Morgan fingerprint density at radius 1 is 1.06 bits per heavy atom. The first kappa shape index (κ1) is 20.9. The molecule has 1 aromatic carbocycles. The Morgan fingerprint density at radius 3 is 2.58 bits per heavy atom. The number of carbonyl (C=O) groups excluding carboxylic acids is 3. The van der Waals surface area contributed by atoms with Gasteiger partial charge in [0.05, 0.1) is 29.6 Å². The molecule has 0 spiro atoms. The lowest BCUT2D eigenvalue weighted by molar-refractivity contribution is -0.126. The van der Waals surface area contributed by atoms with Crippen molar-refractivity contribution in [3.05, 3.63) is 76.4 Å². The van der Waals surface area contributed by atoms with Crippen LogP contribution in [0.25, 0.3) is 0 Å². The van der Waals surface area contributed by atoms with Crippen LogP contribution >= 0.6 is 11.3 Å². The summed E-state index contributed by atoms with van der Waals surface area (Å²) in [4.78, 5) is 39.7. The summed E-state index contributed by atoms with van der Waals surface area (Å²) in [5, 5.41) is 9.33. The molecule has 0 bridgehead atoms. The first-order chi connectivity index (χ1) is 15.1. The van der Waals surface area contributed by atoms with E-state index in [1.54, 1.807) is 52.9 Å². The fourth-order valence-corrected chi connectivity index (χ4v) is 4.25. The van der Waals surface area contributed by atoms with Crippen LogP contribution in [0.1, 0.15) is 39.3 Å². The lowest BCUT2D eigenvalue weighted by atomic mass is 9.95. The van der Waals surface area contributed by atoms with E-state index in [1.165, 1.54) is 11.3 Å². The molecule has 0 unspecified atom stereocenters. The second-order valence-corrected chi connectivity index (χ2v) is 8.16. The van der Waals surface area contributed by atoms with Crippen molar-refractivity contribution in [3.63, 3.8) is 0 Å². The molecule has 2 aromatic heterocycles. The number of amides is 3. The van der Waals surface area contributed by atoms with Gasteiger partial charge >= 0.3 is 0 Å². The zero-order valence-electron chi connectivity index (χ0n) is 16.9. The molecule has 3 amide bonds. The highest BCUT2D eigenvalue weighted by Gasteiger charge is 2.29. The molecule has 2 N–H and O–H groups in total. The highest BCUT2D eigenvalue weighted by molar-refractivity contribution is 7.08. The SMILES string of the molecule is O=C(Nc1ccccc1C(=O)N1CCC(C(=O)NCc2ccco2)CC1)c1ccsc1. The third kappa shape index (κ3) is 5.03. The lowest BCUT2D eigenvalue weighted by Crippen LogP contribution is -2.43. The summed E-state index contributed by atoms with van der Waals surface area (Å²) in [6, 6.07) is 12.4. The fourth-order valence-electron chi connectivity index (χ4n) is 3.61. The molecular formula is C23H23N3O4S. The van der Waals surface area contributed by atoms with E-state index in [1.807, 2.05) is 11.4 Å². The van der Waals surface area contributed by atoms with Gasteiger partial charge in [0.2, 0.25) is 5.91 Å². The average molecular weight is 438 g/mol. The number of benzene rings is 1. The maximum Gasteiger partial charge on any atom is 0.256 e. The van der Waals surface area contributed by atoms with Gasteiger partial charge in [-0.2, -0.15) is 11.3 Å². The van der Waals surface area contributed by atoms with Crippen molar-refractivity contribution in [1.29, 1.82) is 0 Å². The molecule has 160 valence electrons. The molecule has 1 aliphatic heterocycles. The van der Waals surface area contributed by atoms with Crippen molar-refractivity contribution in [1.82, 2.24) is 10.2 Å². The van der Waals surface area contributed by atoms with E-state index in [9.17, 15) is 14.4 Å². The zero-order chi connectivity index (χ0) is 21.6. The second-order valence-electron chi connectivity index (χ2n) is 7.38. The lowest BCUT2D eigenvalue weighted by Gasteiger charge is -2.31. The minimum absolute atomic E-state index is 0.0214. The Morgan fingerprint density at radius 2 is 1.87 bits per heavy atom. The largest absolute Gasteiger partial charge is 0.467 e. The van der Waals surface area contributed by atoms with Gasteiger partial charge in [-0.3, -0.25) is 14.4 Å². The van der Waals surface area contributed by atoms with Crippen LogP contribution in [0, 0.1) is 5.92 Å². The summed E-state index contributed by atoms with van der Waals surface area (Å²) in [7, 11) is 0. The van der Waals surface area contributed by atoms with Crippen molar-refractivity contribution in [2.75, 3.05) is 18.4 Å². The van der Waals surface area contributed by atoms with Crippen LogP contribution in [0.3, 0.4) is 0 Å². The Kier molecular flexibility index (Phi) is 6.47. The Hall–Kier alpha value is -3.39. The molecule has 3 aromatic rings. The molecule has 1 saturated heterocycles. The number of hydrogen-bond acceptors (Lipinski definition) is 5. The maximum absolute atomic E-state index is 13.1. The van der Waals surface area contributed by atoms with Crippen LogP contribution < -0.4 is 10.6 Å². The minimum atomic E-state index is -0.242. The number of thiophene rings is 1. The quantitative estimate of drug-likeness (QED) is 0.614.